The predicted octanol–water partition coefficient (Wildman–Crippen LogP) is 0.761. The number of ether oxygens (including phenoxy) is 1. The van der Waals surface area contributed by atoms with Crippen molar-refractivity contribution in [2.24, 2.45) is 0 Å². The van der Waals surface area contributed by atoms with Gasteiger partial charge in [0.1, 0.15) is 5.65 Å². The van der Waals surface area contributed by atoms with Crippen LogP contribution >= 0.6 is 0 Å². The summed E-state index contributed by atoms with van der Waals surface area (Å²) in [4.78, 5) is 15.7. The zero-order valence-electron chi connectivity index (χ0n) is 10.2. The molecule has 7 heteroatoms. The first-order valence-corrected chi connectivity index (χ1v) is 5.67. The average molecular weight is 257 g/mol. The second-order valence-electron chi connectivity index (χ2n) is 3.99. The molecule has 0 aromatic carbocycles. The molecule has 0 unspecified atom stereocenters. The molecule has 3 aromatic rings. The second-order valence-corrected chi connectivity index (χ2v) is 3.99. The molecule has 0 fully saturated rings. The van der Waals surface area contributed by atoms with Crippen molar-refractivity contribution < 1.29 is 9.53 Å². The second kappa shape index (κ2) is 4.52. The van der Waals surface area contributed by atoms with E-state index in [1.165, 1.54) is 13.3 Å². The van der Waals surface area contributed by atoms with Crippen LogP contribution in [0.4, 0.5) is 0 Å². The Hall–Kier alpha value is -2.70. The number of hydrogen-bond donors (Lipinski definition) is 0. The number of hydrogen-bond acceptors (Lipinski definition) is 5. The molecular weight excluding hydrogens is 246 g/mol. The van der Waals surface area contributed by atoms with Gasteiger partial charge in [-0.1, -0.05) is 11.3 Å². The van der Waals surface area contributed by atoms with E-state index in [1.807, 2.05) is 35.0 Å². The number of esters is 1. The predicted molar refractivity (Wildman–Crippen MR) is 65.7 cm³/mol. The molecule has 19 heavy (non-hydrogen) atoms. The molecule has 0 aliphatic carbocycles. The monoisotopic (exact) mass is 257 g/mol. The maximum Gasteiger partial charge on any atom is 0.360 e. The smallest absolute Gasteiger partial charge is 0.360 e. The molecule has 0 saturated heterocycles. The van der Waals surface area contributed by atoms with Crippen LogP contribution in [0.5, 0.6) is 0 Å². The molecule has 0 amide bonds. The van der Waals surface area contributed by atoms with E-state index in [9.17, 15) is 4.79 Å². The first-order valence-electron chi connectivity index (χ1n) is 5.67. The number of aromatic nitrogens is 5. The fourth-order valence-electron chi connectivity index (χ4n) is 1.80. The van der Waals surface area contributed by atoms with Crippen molar-refractivity contribution in [1.29, 1.82) is 0 Å². The van der Waals surface area contributed by atoms with Gasteiger partial charge in [-0.3, -0.25) is 0 Å². The van der Waals surface area contributed by atoms with Crippen molar-refractivity contribution in [3.63, 3.8) is 0 Å². The van der Waals surface area contributed by atoms with Gasteiger partial charge >= 0.3 is 5.97 Å². The zero-order chi connectivity index (χ0) is 13.2. The lowest BCUT2D eigenvalue weighted by Crippen LogP contribution is -2.02. The van der Waals surface area contributed by atoms with Gasteiger partial charge in [0.25, 0.3) is 0 Å². The van der Waals surface area contributed by atoms with Crippen LogP contribution < -0.4 is 0 Å². The van der Waals surface area contributed by atoms with Gasteiger partial charge in [-0.25, -0.2) is 14.5 Å². The third kappa shape index (κ3) is 2.17. The van der Waals surface area contributed by atoms with Gasteiger partial charge in [0.2, 0.25) is 0 Å². The van der Waals surface area contributed by atoms with Gasteiger partial charge in [-0.15, -0.1) is 5.10 Å². The maximum absolute atomic E-state index is 11.3. The third-order valence-corrected chi connectivity index (χ3v) is 2.67. The summed E-state index contributed by atoms with van der Waals surface area (Å²) < 4.78 is 8.05. The van der Waals surface area contributed by atoms with Gasteiger partial charge in [-0.05, 0) is 12.1 Å². The Kier molecular flexibility index (Phi) is 2.71. The van der Waals surface area contributed by atoms with Crippen LogP contribution in [0.2, 0.25) is 0 Å². The molecule has 0 N–H and O–H groups in total. The van der Waals surface area contributed by atoms with Crippen molar-refractivity contribution in [1.82, 2.24) is 24.4 Å². The van der Waals surface area contributed by atoms with Crippen LogP contribution in [-0.4, -0.2) is 37.5 Å². The minimum atomic E-state index is -0.499. The Balaban J connectivity index is 1.84. The molecular formula is C12H11N5O2. The van der Waals surface area contributed by atoms with E-state index in [0.29, 0.717) is 6.54 Å². The molecule has 3 rings (SSSR count). The van der Waals surface area contributed by atoms with E-state index in [-0.39, 0.29) is 5.69 Å². The summed E-state index contributed by atoms with van der Waals surface area (Å²) in [6.45, 7) is 0.450. The number of methoxy groups -OCH3 is 1. The number of imidazole rings is 1. The number of carbonyl (C=O) groups is 1. The molecule has 0 radical (unpaired) electrons. The first kappa shape index (κ1) is 11.4. The highest BCUT2D eigenvalue weighted by Gasteiger charge is 2.11. The summed E-state index contributed by atoms with van der Waals surface area (Å²) in [5, 5.41) is 7.61. The molecule has 3 heterocycles. The lowest BCUT2D eigenvalue weighted by molar-refractivity contribution is 0.0594. The van der Waals surface area contributed by atoms with E-state index in [4.69, 9.17) is 0 Å². The quantitative estimate of drug-likeness (QED) is 0.647. The Bertz CT molecular complexity index is 697. The third-order valence-electron chi connectivity index (χ3n) is 2.67. The Morgan fingerprint density at radius 2 is 2.26 bits per heavy atom. The van der Waals surface area contributed by atoms with Crippen LogP contribution in [0.15, 0.2) is 36.8 Å². The van der Waals surface area contributed by atoms with Crippen LogP contribution in [0, 0.1) is 0 Å². The minimum Gasteiger partial charge on any atom is -0.464 e. The van der Waals surface area contributed by atoms with E-state index in [0.717, 1.165) is 11.3 Å². The highest BCUT2D eigenvalue weighted by atomic mass is 16.5. The number of pyridine rings is 1. The Labute approximate surface area is 108 Å². The highest BCUT2D eigenvalue weighted by molar-refractivity contribution is 5.86. The lowest BCUT2D eigenvalue weighted by Gasteiger charge is -1.94. The van der Waals surface area contributed by atoms with Gasteiger partial charge in [0, 0.05) is 12.4 Å². The molecule has 7 nitrogen and oxygen atoms in total. The fraction of sp³-hybridized carbons (Fsp3) is 0.167. The zero-order valence-corrected chi connectivity index (χ0v) is 10.2. The Morgan fingerprint density at radius 1 is 1.37 bits per heavy atom. The van der Waals surface area contributed by atoms with Crippen molar-refractivity contribution in [3.8, 4) is 0 Å². The van der Waals surface area contributed by atoms with Crippen LogP contribution in [-0.2, 0) is 11.3 Å². The number of carbonyl (C=O) groups excluding carboxylic acids is 1. The van der Waals surface area contributed by atoms with E-state index < -0.39 is 5.97 Å². The van der Waals surface area contributed by atoms with Crippen molar-refractivity contribution in [3.05, 3.63) is 48.2 Å². The van der Waals surface area contributed by atoms with Crippen LogP contribution in [0.25, 0.3) is 5.65 Å². The fourth-order valence-corrected chi connectivity index (χ4v) is 1.80. The van der Waals surface area contributed by atoms with Gasteiger partial charge in [0.05, 0.1) is 25.5 Å². The van der Waals surface area contributed by atoms with Gasteiger partial charge in [0.15, 0.2) is 5.69 Å². The molecule has 96 valence electrons. The van der Waals surface area contributed by atoms with Crippen LogP contribution in [0.1, 0.15) is 16.2 Å². The van der Waals surface area contributed by atoms with Crippen molar-refractivity contribution in [2.75, 3.05) is 7.11 Å². The molecule has 0 atom stereocenters. The largest absolute Gasteiger partial charge is 0.464 e. The summed E-state index contributed by atoms with van der Waals surface area (Å²) in [7, 11) is 1.31. The van der Waals surface area contributed by atoms with Gasteiger partial charge < -0.3 is 9.14 Å². The first-order chi connectivity index (χ1) is 9.26. The highest BCUT2D eigenvalue weighted by Crippen LogP contribution is 2.06. The summed E-state index contributed by atoms with van der Waals surface area (Å²) in [6, 6.07) is 5.78. The molecule has 0 saturated carbocycles. The Morgan fingerprint density at radius 3 is 3.05 bits per heavy atom. The maximum atomic E-state index is 11.3. The number of nitrogens with zero attached hydrogens (tertiary/aromatic N) is 5. The normalized spacial score (nSPS) is 10.8. The summed E-state index contributed by atoms with van der Waals surface area (Å²) in [5.41, 5.74) is 1.89. The topological polar surface area (TPSA) is 74.3 Å². The van der Waals surface area contributed by atoms with Crippen molar-refractivity contribution >= 4 is 11.6 Å². The van der Waals surface area contributed by atoms with Crippen molar-refractivity contribution in [2.45, 2.75) is 6.54 Å². The number of fused-ring (bicyclic) bond motifs is 1. The van der Waals surface area contributed by atoms with E-state index >= 15 is 0 Å². The van der Waals surface area contributed by atoms with E-state index in [1.54, 1.807) is 4.68 Å². The average Bonchev–Trinajstić information content (AvgIpc) is 3.04. The summed E-state index contributed by atoms with van der Waals surface area (Å²) in [5.74, 6) is -0.499. The molecule has 0 aliphatic heterocycles. The lowest BCUT2D eigenvalue weighted by atomic mass is 10.4. The summed E-state index contributed by atoms with van der Waals surface area (Å²) >= 11 is 0. The SMILES string of the molecule is COC(=O)c1cn(Cc2cn3ccccc3n2)nn1. The minimum absolute atomic E-state index is 0.186. The standard InChI is InChI=1S/C12H11N5O2/c1-19-12(18)10-8-17(15-14-10)7-9-6-16-5-3-2-4-11(16)13-9/h2-6,8H,7H2,1H3. The van der Waals surface area contributed by atoms with Gasteiger partial charge in [-0.2, -0.15) is 0 Å². The molecule has 0 bridgehead atoms. The van der Waals surface area contributed by atoms with Crippen LogP contribution in [0.3, 0.4) is 0 Å². The van der Waals surface area contributed by atoms with E-state index in [2.05, 4.69) is 20.0 Å². The molecule has 0 spiro atoms. The molecule has 3 aromatic heterocycles. The number of rotatable bonds is 3. The summed E-state index contributed by atoms with van der Waals surface area (Å²) in [6.07, 6.45) is 5.37. The molecule has 0 aliphatic rings.